The van der Waals surface area contributed by atoms with Crippen molar-refractivity contribution < 1.29 is 4.79 Å². The third kappa shape index (κ3) is 3.53. The van der Waals surface area contributed by atoms with Crippen molar-refractivity contribution in [1.29, 1.82) is 0 Å². The van der Waals surface area contributed by atoms with Gasteiger partial charge in [-0.05, 0) is 28.4 Å². The molecule has 1 atom stereocenters. The molecule has 0 saturated carbocycles. The van der Waals surface area contributed by atoms with E-state index in [-0.39, 0.29) is 11.9 Å². The molecule has 0 radical (unpaired) electrons. The number of nitrogens with one attached hydrogen (secondary N) is 1. The molecule has 86 valence electrons. The van der Waals surface area contributed by atoms with Crippen LogP contribution >= 0.6 is 28.1 Å². The predicted molar refractivity (Wildman–Crippen MR) is 70.3 cm³/mol. The highest BCUT2D eigenvalue weighted by atomic mass is 79.9. The van der Waals surface area contributed by atoms with Crippen molar-refractivity contribution in [2.45, 2.75) is 19.4 Å². The van der Waals surface area contributed by atoms with Crippen molar-refractivity contribution in [3.8, 4) is 0 Å². The third-order valence-electron chi connectivity index (χ3n) is 2.02. The molecule has 0 fully saturated rings. The summed E-state index contributed by atoms with van der Waals surface area (Å²) in [4.78, 5) is 16.0. The lowest BCUT2D eigenvalue weighted by Gasteiger charge is -2.15. The average Bonchev–Trinajstić information content (AvgIpc) is 2.25. The third-order valence-corrected chi connectivity index (χ3v) is 2.74. The maximum absolute atomic E-state index is 11.8. The minimum Gasteiger partial charge on any atom is -0.392 e. The van der Waals surface area contributed by atoms with Crippen molar-refractivity contribution in [3.63, 3.8) is 0 Å². The highest BCUT2D eigenvalue weighted by Gasteiger charge is 2.14. The molecule has 0 saturated heterocycles. The summed E-state index contributed by atoms with van der Waals surface area (Å²) >= 11 is 8.10. The number of carbonyl (C=O) groups is 1. The van der Waals surface area contributed by atoms with Crippen molar-refractivity contribution in [1.82, 2.24) is 10.3 Å². The van der Waals surface area contributed by atoms with Crippen LogP contribution in [0.3, 0.4) is 0 Å². The lowest BCUT2D eigenvalue weighted by molar-refractivity contribution is 0.0946. The number of thiocarbonyl (C=S) groups is 1. The molecule has 3 N–H and O–H groups in total. The summed E-state index contributed by atoms with van der Waals surface area (Å²) in [6.45, 7) is 1.91. The van der Waals surface area contributed by atoms with Gasteiger partial charge >= 0.3 is 0 Å². The smallest absolute Gasteiger partial charge is 0.253 e. The zero-order chi connectivity index (χ0) is 12.1. The molecular weight excluding hydrogens is 290 g/mol. The van der Waals surface area contributed by atoms with Crippen LogP contribution in [0.1, 0.15) is 23.7 Å². The number of rotatable bonds is 4. The number of nitrogens with zero attached hydrogens (tertiary/aromatic N) is 1. The van der Waals surface area contributed by atoms with Gasteiger partial charge < -0.3 is 11.1 Å². The van der Waals surface area contributed by atoms with E-state index in [1.54, 1.807) is 12.3 Å². The molecule has 1 amide bonds. The van der Waals surface area contributed by atoms with Crippen molar-refractivity contribution in [3.05, 3.63) is 28.5 Å². The standard InChI is InChI=1S/C10H12BrN3OS/c1-2-8(9(12)16)14-10(15)6-3-7(11)5-13-4-6/h3-5,8H,2H2,1H3,(H2,12,16)(H,14,15). The zero-order valence-electron chi connectivity index (χ0n) is 8.74. The Morgan fingerprint density at radius 3 is 2.88 bits per heavy atom. The van der Waals surface area contributed by atoms with Crippen LogP contribution in [-0.4, -0.2) is 21.9 Å². The molecule has 1 aromatic rings. The highest BCUT2D eigenvalue weighted by Crippen LogP contribution is 2.09. The molecule has 0 aromatic carbocycles. The topological polar surface area (TPSA) is 68.0 Å². The predicted octanol–water partition coefficient (Wildman–Crippen LogP) is 1.64. The Labute approximate surface area is 108 Å². The number of amides is 1. The molecule has 1 unspecified atom stereocenters. The fourth-order valence-corrected chi connectivity index (χ4v) is 1.74. The van der Waals surface area contributed by atoms with E-state index in [9.17, 15) is 4.79 Å². The molecule has 1 aromatic heterocycles. The maximum atomic E-state index is 11.8. The molecule has 1 heterocycles. The lowest BCUT2D eigenvalue weighted by Crippen LogP contribution is -2.43. The fourth-order valence-electron chi connectivity index (χ4n) is 1.15. The van der Waals surface area contributed by atoms with Crippen molar-refractivity contribution in [2.24, 2.45) is 5.73 Å². The van der Waals surface area contributed by atoms with Crippen LogP contribution in [0, 0.1) is 0 Å². The summed E-state index contributed by atoms with van der Waals surface area (Å²) in [5, 5.41) is 2.74. The van der Waals surface area contributed by atoms with Gasteiger partial charge in [-0.3, -0.25) is 9.78 Å². The van der Waals surface area contributed by atoms with Gasteiger partial charge in [-0.1, -0.05) is 19.1 Å². The number of hydrogen-bond acceptors (Lipinski definition) is 3. The van der Waals surface area contributed by atoms with E-state index in [1.807, 2.05) is 6.92 Å². The molecule has 0 aliphatic carbocycles. The molecule has 16 heavy (non-hydrogen) atoms. The minimum absolute atomic E-state index is 0.228. The van der Waals surface area contributed by atoms with Crippen LogP contribution in [0.15, 0.2) is 22.9 Å². The zero-order valence-corrected chi connectivity index (χ0v) is 11.1. The molecule has 0 spiro atoms. The monoisotopic (exact) mass is 301 g/mol. The Morgan fingerprint density at radius 1 is 1.69 bits per heavy atom. The summed E-state index contributed by atoms with van der Waals surface area (Å²) in [6.07, 6.45) is 3.77. The summed E-state index contributed by atoms with van der Waals surface area (Å²) in [5.74, 6) is -0.228. The van der Waals surface area contributed by atoms with Crippen LogP contribution in [0.2, 0.25) is 0 Å². The SMILES string of the molecule is CCC(NC(=O)c1cncc(Br)c1)C(N)=S. The number of halogens is 1. The summed E-state index contributed by atoms with van der Waals surface area (Å²) < 4.78 is 0.753. The van der Waals surface area contributed by atoms with Gasteiger partial charge in [-0.2, -0.15) is 0 Å². The molecule has 1 rings (SSSR count). The first-order chi connectivity index (χ1) is 7.54. The lowest BCUT2D eigenvalue weighted by atomic mass is 10.2. The van der Waals surface area contributed by atoms with E-state index in [1.165, 1.54) is 6.20 Å². The first kappa shape index (κ1) is 13.1. The first-order valence-electron chi connectivity index (χ1n) is 4.75. The van der Waals surface area contributed by atoms with Gasteiger partial charge in [0, 0.05) is 16.9 Å². The molecule has 0 aliphatic heterocycles. The molecule has 0 aliphatic rings. The summed E-state index contributed by atoms with van der Waals surface area (Å²) in [7, 11) is 0. The Morgan fingerprint density at radius 2 is 2.38 bits per heavy atom. The van der Waals surface area contributed by atoms with Crippen LogP contribution in [0.4, 0.5) is 0 Å². The number of pyridine rings is 1. The fraction of sp³-hybridized carbons (Fsp3) is 0.300. The summed E-state index contributed by atoms with van der Waals surface area (Å²) in [5.41, 5.74) is 5.97. The van der Waals surface area contributed by atoms with Gasteiger partial charge in [0.2, 0.25) is 0 Å². The van der Waals surface area contributed by atoms with Crippen LogP contribution in [0.25, 0.3) is 0 Å². The highest BCUT2D eigenvalue weighted by molar-refractivity contribution is 9.10. The maximum Gasteiger partial charge on any atom is 0.253 e. The van der Waals surface area contributed by atoms with Crippen molar-refractivity contribution in [2.75, 3.05) is 0 Å². The van der Waals surface area contributed by atoms with E-state index >= 15 is 0 Å². The second kappa shape index (κ2) is 5.91. The molecule has 6 heteroatoms. The van der Waals surface area contributed by atoms with Gasteiger partial charge in [-0.25, -0.2) is 0 Å². The van der Waals surface area contributed by atoms with Gasteiger partial charge in [-0.15, -0.1) is 0 Å². The number of hydrogen-bond donors (Lipinski definition) is 2. The van der Waals surface area contributed by atoms with E-state index in [4.69, 9.17) is 18.0 Å². The Hall–Kier alpha value is -1.01. The van der Waals surface area contributed by atoms with Gasteiger partial charge in [0.25, 0.3) is 5.91 Å². The van der Waals surface area contributed by atoms with Gasteiger partial charge in [0.1, 0.15) is 0 Å². The van der Waals surface area contributed by atoms with E-state index < -0.39 is 0 Å². The Bertz CT molecular complexity index is 411. The van der Waals surface area contributed by atoms with E-state index in [0.29, 0.717) is 17.0 Å². The van der Waals surface area contributed by atoms with Crippen LogP contribution in [-0.2, 0) is 0 Å². The number of nitrogens with two attached hydrogens (primary N) is 1. The largest absolute Gasteiger partial charge is 0.392 e. The number of carbonyl (C=O) groups excluding carboxylic acids is 1. The molecule has 4 nitrogen and oxygen atoms in total. The second-order valence-electron chi connectivity index (χ2n) is 3.23. The summed E-state index contributed by atoms with van der Waals surface area (Å²) in [6, 6.07) is 1.41. The normalized spacial score (nSPS) is 11.9. The van der Waals surface area contributed by atoms with Crippen LogP contribution < -0.4 is 11.1 Å². The van der Waals surface area contributed by atoms with E-state index in [0.717, 1.165) is 4.47 Å². The molecule has 0 bridgehead atoms. The quantitative estimate of drug-likeness (QED) is 0.830. The first-order valence-corrected chi connectivity index (χ1v) is 5.95. The second-order valence-corrected chi connectivity index (χ2v) is 4.62. The van der Waals surface area contributed by atoms with Crippen molar-refractivity contribution >= 4 is 39.0 Å². The van der Waals surface area contributed by atoms with E-state index in [2.05, 4.69) is 26.2 Å². The number of aromatic nitrogens is 1. The van der Waals surface area contributed by atoms with Gasteiger partial charge in [0.15, 0.2) is 0 Å². The minimum atomic E-state index is -0.276. The van der Waals surface area contributed by atoms with Crippen LogP contribution in [0.5, 0.6) is 0 Å². The average molecular weight is 302 g/mol. The van der Waals surface area contributed by atoms with Gasteiger partial charge in [0.05, 0.1) is 16.6 Å². The Balaban J connectivity index is 2.75. The Kier molecular flexibility index (Phi) is 4.82. The molecular formula is C10H12BrN3OS.